The summed E-state index contributed by atoms with van der Waals surface area (Å²) >= 11 is 0. The number of phenolic OH excluding ortho intramolecular Hbond substituents is 1. The van der Waals surface area contributed by atoms with Crippen molar-refractivity contribution in [2.75, 3.05) is 20.8 Å². The van der Waals surface area contributed by atoms with Gasteiger partial charge in [-0.15, -0.1) is 0 Å². The fourth-order valence-electron chi connectivity index (χ4n) is 2.68. The maximum atomic E-state index is 11.0. The summed E-state index contributed by atoms with van der Waals surface area (Å²) in [5.41, 5.74) is 6.16. The van der Waals surface area contributed by atoms with E-state index in [0.29, 0.717) is 22.6 Å². The molecule has 0 aliphatic carbocycles. The third-order valence-electron chi connectivity index (χ3n) is 4.07. The summed E-state index contributed by atoms with van der Waals surface area (Å²) in [5, 5.41) is 21.2. The number of nitrogens with two attached hydrogens (primary N) is 1. The zero-order valence-corrected chi connectivity index (χ0v) is 14.9. The predicted octanol–water partition coefficient (Wildman–Crippen LogP) is 2.74. The van der Waals surface area contributed by atoms with Gasteiger partial charge in [0.15, 0.2) is 0 Å². The Hall–Kier alpha value is -3.49. The number of non-ortho nitro benzene ring substituents is 1. The summed E-state index contributed by atoms with van der Waals surface area (Å²) in [4.78, 5) is 21.4. The van der Waals surface area contributed by atoms with Gasteiger partial charge in [-0.25, -0.2) is 4.79 Å². The molecule has 9 nitrogen and oxygen atoms in total. The van der Waals surface area contributed by atoms with Crippen LogP contribution in [0.2, 0.25) is 0 Å². The Morgan fingerprint density at radius 1 is 1.22 bits per heavy atom. The third kappa shape index (κ3) is 5.00. The monoisotopic (exact) mass is 376 g/mol. The third-order valence-corrected chi connectivity index (χ3v) is 4.07. The molecule has 0 fully saturated rings. The first-order valence-electron chi connectivity index (χ1n) is 7.96. The van der Waals surface area contributed by atoms with Gasteiger partial charge in [-0.2, -0.15) is 0 Å². The van der Waals surface area contributed by atoms with Crippen LogP contribution in [0.5, 0.6) is 17.2 Å². The molecule has 0 spiro atoms. The number of phenols is 1. The van der Waals surface area contributed by atoms with Gasteiger partial charge >= 0.3 is 6.09 Å². The zero-order chi connectivity index (χ0) is 20.0. The lowest BCUT2D eigenvalue weighted by molar-refractivity contribution is -0.384. The standard InChI is InChI=1S/C18H20N2O7/c1-25-14-8-16(21)15(17(9-14)26-2)7-12(10-27-18(19)22)11-3-5-13(6-4-11)20(23)24/h3-6,8-9,12,21H,7,10H2,1-2H3,(H2,19,22). The van der Waals surface area contributed by atoms with E-state index in [1.165, 1.54) is 32.4 Å². The number of primary amides is 1. The van der Waals surface area contributed by atoms with Crippen LogP contribution in [0.3, 0.4) is 0 Å². The van der Waals surface area contributed by atoms with Gasteiger partial charge in [0.2, 0.25) is 0 Å². The molecule has 3 N–H and O–H groups in total. The highest BCUT2D eigenvalue weighted by atomic mass is 16.6. The second-order valence-corrected chi connectivity index (χ2v) is 5.71. The van der Waals surface area contributed by atoms with E-state index in [2.05, 4.69) is 0 Å². The van der Waals surface area contributed by atoms with Gasteiger partial charge in [-0.3, -0.25) is 10.1 Å². The molecule has 0 aliphatic rings. The first-order chi connectivity index (χ1) is 12.8. The second-order valence-electron chi connectivity index (χ2n) is 5.71. The number of nitrogens with zero attached hydrogens (tertiary/aromatic N) is 1. The maximum Gasteiger partial charge on any atom is 0.404 e. The Bertz CT molecular complexity index is 821. The smallest absolute Gasteiger partial charge is 0.404 e. The minimum Gasteiger partial charge on any atom is -0.507 e. The molecule has 2 aromatic carbocycles. The highest BCUT2D eigenvalue weighted by molar-refractivity contribution is 5.64. The number of methoxy groups -OCH3 is 2. The zero-order valence-electron chi connectivity index (χ0n) is 14.9. The fraction of sp³-hybridized carbons (Fsp3) is 0.278. The van der Waals surface area contributed by atoms with E-state index in [0.717, 1.165) is 0 Å². The lowest BCUT2D eigenvalue weighted by Gasteiger charge is -2.20. The van der Waals surface area contributed by atoms with E-state index in [-0.39, 0.29) is 24.5 Å². The van der Waals surface area contributed by atoms with E-state index in [9.17, 15) is 20.0 Å². The van der Waals surface area contributed by atoms with Crippen LogP contribution in [0.25, 0.3) is 0 Å². The summed E-state index contributed by atoms with van der Waals surface area (Å²) < 4.78 is 15.4. The first-order valence-corrected chi connectivity index (χ1v) is 7.96. The molecular formula is C18H20N2O7. The molecule has 0 radical (unpaired) electrons. The number of carbonyl (C=O) groups excluding carboxylic acids is 1. The van der Waals surface area contributed by atoms with Gasteiger partial charge in [0.1, 0.15) is 23.9 Å². The van der Waals surface area contributed by atoms with Crippen molar-refractivity contribution in [3.05, 3.63) is 57.6 Å². The molecule has 1 amide bonds. The van der Waals surface area contributed by atoms with E-state index >= 15 is 0 Å². The van der Waals surface area contributed by atoms with Gasteiger partial charge in [0.05, 0.1) is 19.1 Å². The minimum atomic E-state index is -0.937. The van der Waals surface area contributed by atoms with Gasteiger partial charge < -0.3 is 25.1 Å². The molecule has 0 bridgehead atoms. The molecule has 27 heavy (non-hydrogen) atoms. The van der Waals surface area contributed by atoms with Crippen molar-refractivity contribution < 1.29 is 29.0 Å². The average Bonchev–Trinajstić information content (AvgIpc) is 2.65. The Morgan fingerprint density at radius 3 is 2.41 bits per heavy atom. The van der Waals surface area contributed by atoms with Crippen molar-refractivity contribution in [3.63, 3.8) is 0 Å². The summed E-state index contributed by atoms with van der Waals surface area (Å²) in [6.45, 7) is -0.0677. The van der Waals surface area contributed by atoms with Gasteiger partial charge in [0, 0.05) is 35.7 Å². The molecule has 1 unspecified atom stereocenters. The number of ether oxygens (including phenoxy) is 3. The highest BCUT2D eigenvalue weighted by Crippen LogP contribution is 2.37. The highest BCUT2D eigenvalue weighted by Gasteiger charge is 2.21. The molecule has 9 heteroatoms. The van der Waals surface area contributed by atoms with E-state index in [1.807, 2.05) is 0 Å². The van der Waals surface area contributed by atoms with Crippen LogP contribution in [0.15, 0.2) is 36.4 Å². The lowest BCUT2D eigenvalue weighted by atomic mass is 9.91. The molecule has 2 aromatic rings. The molecule has 2 rings (SSSR count). The lowest BCUT2D eigenvalue weighted by Crippen LogP contribution is -2.19. The number of amides is 1. The molecule has 0 aromatic heterocycles. The van der Waals surface area contributed by atoms with Crippen molar-refractivity contribution in [2.24, 2.45) is 5.73 Å². The largest absolute Gasteiger partial charge is 0.507 e. The molecule has 0 saturated carbocycles. The van der Waals surface area contributed by atoms with Crippen LogP contribution >= 0.6 is 0 Å². The predicted molar refractivity (Wildman–Crippen MR) is 96.3 cm³/mol. The van der Waals surface area contributed by atoms with Crippen LogP contribution in [0, 0.1) is 10.1 Å². The van der Waals surface area contributed by atoms with Crippen molar-refractivity contribution in [3.8, 4) is 17.2 Å². The van der Waals surface area contributed by atoms with E-state index < -0.39 is 16.9 Å². The summed E-state index contributed by atoms with van der Waals surface area (Å²) in [5.74, 6) is 0.370. The fourth-order valence-corrected chi connectivity index (χ4v) is 2.68. The van der Waals surface area contributed by atoms with Crippen LogP contribution < -0.4 is 15.2 Å². The van der Waals surface area contributed by atoms with E-state index in [4.69, 9.17) is 19.9 Å². The number of nitro groups is 1. The number of hydrogen-bond donors (Lipinski definition) is 2. The molecule has 1 atom stereocenters. The van der Waals surface area contributed by atoms with Crippen molar-refractivity contribution in [2.45, 2.75) is 12.3 Å². The molecular weight excluding hydrogens is 356 g/mol. The van der Waals surface area contributed by atoms with Crippen LogP contribution in [0.4, 0.5) is 10.5 Å². The SMILES string of the molecule is COc1cc(O)c(CC(COC(N)=O)c2ccc([N+](=O)[O-])cc2)c(OC)c1. The van der Waals surface area contributed by atoms with Crippen molar-refractivity contribution in [1.29, 1.82) is 0 Å². The molecule has 144 valence electrons. The number of benzene rings is 2. The maximum absolute atomic E-state index is 11.0. The number of hydrogen-bond acceptors (Lipinski definition) is 7. The quantitative estimate of drug-likeness (QED) is 0.534. The normalized spacial score (nSPS) is 11.5. The summed E-state index contributed by atoms with van der Waals surface area (Å²) in [7, 11) is 2.92. The van der Waals surface area contributed by atoms with Crippen LogP contribution in [-0.4, -0.2) is 36.9 Å². The molecule has 0 aliphatic heterocycles. The Morgan fingerprint density at radius 2 is 1.89 bits per heavy atom. The molecule has 0 saturated heterocycles. The van der Waals surface area contributed by atoms with Gasteiger partial charge in [0.25, 0.3) is 5.69 Å². The number of rotatable bonds is 8. The second kappa shape index (κ2) is 8.75. The van der Waals surface area contributed by atoms with E-state index in [1.54, 1.807) is 18.2 Å². The number of nitro benzene ring substituents is 1. The topological polar surface area (TPSA) is 134 Å². The van der Waals surface area contributed by atoms with Crippen molar-refractivity contribution in [1.82, 2.24) is 0 Å². The van der Waals surface area contributed by atoms with Crippen LogP contribution in [-0.2, 0) is 11.2 Å². The van der Waals surface area contributed by atoms with Gasteiger partial charge in [-0.1, -0.05) is 12.1 Å². The van der Waals surface area contributed by atoms with Crippen molar-refractivity contribution >= 4 is 11.8 Å². The minimum absolute atomic E-state index is 0.0443. The number of carbonyl (C=O) groups is 1. The number of aromatic hydroxyl groups is 1. The Labute approximate surface area is 155 Å². The average molecular weight is 376 g/mol. The Kier molecular flexibility index (Phi) is 6.42. The summed E-state index contributed by atoms with van der Waals surface area (Å²) in [6.07, 6.45) is -0.697. The first kappa shape index (κ1) is 19.8. The Balaban J connectivity index is 2.37. The summed E-state index contributed by atoms with van der Waals surface area (Å²) in [6, 6.07) is 8.92. The molecule has 0 heterocycles. The van der Waals surface area contributed by atoms with Gasteiger partial charge in [-0.05, 0) is 12.0 Å². The van der Waals surface area contributed by atoms with Crippen LogP contribution in [0.1, 0.15) is 17.0 Å².